The standard InChI is InChI=1S/C11H14BrNS/c1-14-10-6-8(5-9(12)7-10)11(13)3-2-4-11/h5-7H,2-4,13H2,1H3. The summed E-state index contributed by atoms with van der Waals surface area (Å²) >= 11 is 5.29. The molecule has 76 valence electrons. The molecule has 1 aromatic rings. The average molecular weight is 272 g/mol. The molecule has 14 heavy (non-hydrogen) atoms. The molecule has 0 radical (unpaired) electrons. The molecule has 1 aromatic carbocycles. The SMILES string of the molecule is CSc1cc(Br)cc(C2(N)CCC2)c1. The van der Waals surface area contributed by atoms with E-state index in [0.717, 1.165) is 17.3 Å². The number of thioether (sulfide) groups is 1. The summed E-state index contributed by atoms with van der Waals surface area (Å²) in [5.74, 6) is 0. The molecule has 0 amide bonds. The van der Waals surface area contributed by atoms with Crippen molar-refractivity contribution in [1.29, 1.82) is 0 Å². The van der Waals surface area contributed by atoms with E-state index in [0.29, 0.717) is 0 Å². The van der Waals surface area contributed by atoms with Crippen LogP contribution in [0.3, 0.4) is 0 Å². The van der Waals surface area contributed by atoms with Crippen molar-refractivity contribution in [1.82, 2.24) is 0 Å². The van der Waals surface area contributed by atoms with Gasteiger partial charge in [0.2, 0.25) is 0 Å². The van der Waals surface area contributed by atoms with Crippen LogP contribution in [-0.2, 0) is 5.54 Å². The average Bonchev–Trinajstić information content (AvgIpc) is 2.13. The highest BCUT2D eigenvalue weighted by Gasteiger charge is 2.34. The lowest BCUT2D eigenvalue weighted by Crippen LogP contribution is -2.43. The predicted molar refractivity (Wildman–Crippen MR) is 65.6 cm³/mol. The van der Waals surface area contributed by atoms with Gasteiger partial charge in [-0.15, -0.1) is 11.8 Å². The summed E-state index contributed by atoms with van der Waals surface area (Å²) < 4.78 is 1.14. The van der Waals surface area contributed by atoms with Gasteiger partial charge in [-0.3, -0.25) is 0 Å². The van der Waals surface area contributed by atoms with Crippen LogP contribution in [0.15, 0.2) is 27.6 Å². The molecule has 0 saturated heterocycles. The van der Waals surface area contributed by atoms with Gasteiger partial charge >= 0.3 is 0 Å². The third-order valence-corrected chi connectivity index (χ3v) is 4.09. The van der Waals surface area contributed by atoms with Gasteiger partial charge in [0.15, 0.2) is 0 Å². The summed E-state index contributed by atoms with van der Waals surface area (Å²) in [5, 5.41) is 0. The van der Waals surface area contributed by atoms with Crippen LogP contribution in [0.25, 0.3) is 0 Å². The van der Waals surface area contributed by atoms with Crippen molar-refractivity contribution in [3.63, 3.8) is 0 Å². The highest BCUT2D eigenvalue weighted by molar-refractivity contribution is 9.10. The number of hydrogen-bond donors (Lipinski definition) is 1. The zero-order valence-electron chi connectivity index (χ0n) is 8.22. The third-order valence-electron chi connectivity index (χ3n) is 2.93. The van der Waals surface area contributed by atoms with Crippen LogP contribution in [0.5, 0.6) is 0 Å². The Morgan fingerprint density at radius 2 is 2.07 bits per heavy atom. The Kier molecular flexibility index (Phi) is 2.91. The maximum Gasteiger partial charge on any atom is 0.0410 e. The molecule has 1 fully saturated rings. The molecule has 0 spiro atoms. The van der Waals surface area contributed by atoms with Gasteiger partial charge in [0.1, 0.15) is 0 Å². The zero-order valence-corrected chi connectivity index (χ0v) is 10.6. The van der Waals surface area contributed by atoms with Crippen LogP contribution in [0.1, 0.15) is 24.8 Å². The molecular weight excluding hydrogens is 258 g/mol. The summed E-state index contributed by atoms with van der Waals surface area (Å²) in [6.45, 7) is 0. The Morgan fingerprint density at radius 1 is 1.36 bits per heavy atom. The van der Waals surface area contributed by atoms with Crippen LogP contribution >= 0.6 is 27.7 Å². The van der Waals surface area contributed by atoms with Crippen molar-refractivity contribution >= 4 is 27.7 Å². The fraction of sp³-hybridized carbons (Fsp3) is 0.455. The molecule has 0 unspecified atom stereocenters. The van der Waals surface area contributed by atoms with Gasteiger partial charge in [-0.05, 0) is 49.3 Å². The predicted octanol–water partition coefficient (Wildman–Crippen LogP) is 3.51. The fourth-order valence-corrected chi connectivity index (χ4v) is 2.95. The topological polar surface area (TPSA) is 26.0 Å². The lowest BCUT2D eigenvalue weighted by atomic mass is 9.73. The molecule has 0 aromatic heterocycles. The maximum absolute atomic E-state index is 6.29. The minimum absolute atomic E-state index is 0.0474. The van der Waals surface area contributed by atoms with Gasteiger partial charge in [0.25, 0.3) is 0 Å². The molecule has 0 aliphatic heterocycles. The number of rotatable bonds is 2. The quantitative estimate of drug-likeness (QED) is 0.834. The Hall–Kier alpha value is 0.01000. The van der Waals surface area contributed by atoms with Crippen LogP contribution in [0.2, 0.25) is 0 Å². The molecule has 2 rings (SSSR count). The first-order valence-electron chi connectivity index (χ1n) is 4.78. The summed E-state index contributed by atoms with van der Waals surface area (Å²) in [4.78, 5) is 1.28. The van der Waals surface area contributed by atoms with Crippen LogP contribution in [0.4, 0.5) is 0 Å². The number of hydrogen-bond acceptors (Lipinski definition) is 2. The van der Waals surface area contributed by atoms with Gasteiger partial charge in [-0.1, -0.05) is 15.9 Å². The van der Waals surface area contributed by atoms with Crippen molar-refractivity contribution in [3.8, 4) is 0 Å². The van der Waals surface area contributed by atoms with E-state index in [2.05, 4.69) is 40.4 Å². The number of benzene rings is 1. The Labute approximate surface area is 97.6 Å². The van der Waals surface area contributed by atoms with E-state index >= 15 is 0 Å². The smallest absolute Gasteiger partial charge is 0.0410 e. The zero-order chi connectivity index (χ0) is 10.2. The number of nitrogens with two attached hydrogens (primary N) is 1. The normalized spacial score (nSPS) is 19.1. The van der Waals surface area contributed by atoms with Crippen molar-refractivity contribution in [3.05, 3.63) is 28.2 Å². The molecule has 1 nitrogen and oxygen atoms in total. The van der Waals surface area contributed by atoms with E-state index in [1.807, 2.05) is 0 Å². The molecule has 3 heteroatoms. The molecule has 1 aliphatic rings. The fourth-order valence-electron chi connectivity index (χ4n) is 1.81. The van der Waals surface area contributed by atoms with Crippen LogP contribution in [-0.4, -0.2) is 6.26 Å². The van der Waals surface area contributed by atoms with Gasteiger partial charge in [-0.2, -0.15) is 0 Å². The Bertz CT molecular complexity index is 347. The second kappa shape index (κ2) is 3.87. The van der Waals surface area contributed by atoms with E-state index < -0.39 is 0 Å². The molecule has 0 bridgehead atoms. The first-order valence-corrected chi connectivity index (χ1v) is 6.80. The van der Waals surface area contributed by atoms with E-state index in [4.69, 9.17) is 5.73 Å². The molecule has 0 heterocycles. The second-order valence-corrected chi connectivity index (χ2v) is 5.68. The van der Waals surface area contributed by atoms with E-state index in [9.17, 15) is 0 Å². The largest absolute Gasteiger partial charge is 0.321 e. The summed E-state index contributed by atoms with van der Waals surface area (Å²) in [6.07, 6.45) is 5.60. The minimum atomic E-state index is -0.0474. The van der Waals surface area contributed by atoms with Gasteiger partial charge in [0.05, 0.1) is 0 Å². The number of halogens is 1. The first-order chi connectivity index (χ1) is 6.64. The van der Waals surface area contributed by atoms with Gasteiger partial charge in [-0.25, -0.2) is 0 Å². The summed E-state index contributed by atoms with van der Waals surface area (Å²) in [5.41, 5.74) is 7.52. The van der Waals surface area contributed by atoms with Crippen molar-refractivity contribution in [2.45, 2.75) is 29.7 Å². The Balaban J connectivity index is 2.37. The van der Waals surface area contributed by atoms with E-state index in [1.54, 1.807) is 11.8 Å². The maximum atomic E-state index is 6.29. The molecule has 0 atom stereocenters. The second-order valence-electron chi connectivity index (χ2n) is 3.89. The van der Waals surface area contributed by atoms with Crippen molar-refractivity contribution in [2.75, 3.05) is 6.26 Å². The lowest BCUT2D eigenvalue weighted by molar-refractivity contribution is 0.253. The molecular formula is C11H14BrNS. The van der Waals surface area contributed by atoms with Crippen molar-refractivity contribution < 1.29 is 0 Å². The monoisotopic (exact) mass is 271 g/mol. The van der Waals surface area contributed by atoms with Gasteiger partial charge in [0, 0.05) is 14.9 Å². The highest BCUT2D eigenvalue weighted by Crippen LogP contribution is 2.40. The Morgan fingerprint density at radius 3 is 2.57 bits per heavy atom. The van der Waals surface area contributed by atoms with Gasteiger partial charge < -0.3 is 5.73 Å². The van der Waals surface area contributed by atoms with E-state index in [-0.39, 0.29) is 5.54 Å². The summed E-state index contributed by atoms with van der Waals surface area (Å²) in [7, 11) is 0. The van der Waals surface area contributed by atoms with Crippen LogP contribution in [0, 0.1) is 0 Å². The molecule has 1 saturated carbocycles. The van der Waals surface area contributed by atoms with Crippen LogP contribution < -0.4 is 5.73 Å². The lowest BCUT2D eigenvalue weighted by Gasteiger charge is -2.39. The summed E-state index contributed by atoms with van der Waals surface area (Å²) in [6, 6.07) is 6.50. The van der Waals surface area contributed by atoms with Crippen molar-refractivity contribution in [2.24, 2.45) is 5.73 Å². The minimum Gasteiger partial charge on any atom is -0.321 e. The molecule has 1 aliphatic carbocycles. The third kappa shape index (κ3) is 1.86. The molecule has 2 N–H and O–H groups in total. The van der Waals surface area contributed by atoms with E-state index in [1.165, 1.54) is 16.9 Å². The first kappa shape index (κ1) is 10.5. The highest BCUT2D eigenvalue weighted by atomic mass is 79.9.